The first-order chi connectivity index (χ1) is 9.29. The van der Waals surface area contributed by atoms with Gasteiger partial charge in [-0.15, -0.1) is 0 Å². The number of hydrogen-bond acceptors (Lipinski definition) is 3. The first-order valence-corrected chi connectivity index (χ1v) is 8.45. The van der Waals surface area contributed by atoms with Crippen LogP contribution in [0.2, 0.25) is 0 Å². The Morgan fingerprint density at radius 3 is 2.63 bits per heavy atom. The second-order valence-corrected chi connectivity index (χ2v) is 6.49. The molecule has 1 heterocycles. The van der Waals surface area contributed by atoms with Gasteiger partial charge in [0.2, 0.25) is 0 Å². The Morgan fingerprint density at radius 2 is 1.89 bits per heavy atom. The van der Waals surface area contributed by atoms with Gasteiger partial charge in [0, 0.05) is 31.7 Å². The Kier molecular flexibility index (Phi) is 6.62. The van der Waals surface area contributed by atoms with Gasteiger partial charge < -0.3 is 15.1 Å². The van der Waals surface area contributed by atoms with Crippen LogP contribution in [-0.2, 0) is 0 Å². The Hall–Kier alpha value is -0.120. The van der Waals surface area contributed by atoms with Gasteiger partial charge in [0.1, 0.15) is 0 Å². The maximum absolute atomic E-state index is 3.76. The first-order valence-electron chi connectivity index (χ1n) is 8.45. The summed E-state index contributed by atoms with van der Waals surface area (Å²) in [5.74, 6) is 0. The van der Waals surface area contributed by atoms with E-state index in [-0.39, 0.29) is 0 Å². The van der Waals surface area contributed by atoms with Gasteiger partial charge in [-0.05, 0) is 45.8 Å². The van der Waals surface area contributed by atoms with Gasteiger partial charge in [0.05, 0.1) is 0 Å². The third-order valence-corrected chi connectivity index (χ3v) is 5.02. The predicted molar refractivity (Wildman–Crippen MR) is 82.6 cm³/mol. The SMILES string of the molecule is CCC1CN(CCCNC2CCCCC2)CCN1C. The molecule has 1 aliphatic carbocycles. The van der Waals surface area contributed by atoms with Gasteiger partial charge in [-0.25, -0.2) is 0 Å². The fraction of sp³-hybridized carbons (Fsp3) is 1.00. The van der Waals surface area contributed by atoms with Crippen molar-refractivity contribution in [2.75, 3.05) is 39.8 Å². The van der Waals surface area contributed by atoms with Crippen LogP contribution in [0.25, 0.3) is 0 Å². The molecular formula is C16H33N3. The van der Waals surface area contributed by atoms with Crippen LogP contribution in [-0.4, -0.2) is 61.7 Å². The fourth-order valence-corrected chi connectivity index (χ4v) is 3.57. The van der Waals surface area contributed by atoms with Crippen LogP contribution in [0.1, 0.15) is 51.9 Å². The van der Waals surface area contributed by atoms with Crippen molar-refractivity contribution in [3.63, 3.8) is 0 Å². The maximum Gasteiger partial charge on any atom is 0.0218 e. The van der Waals surface area contributed by atoms with Crippen LogP contribution in [0.5, 0.6) is 0 Å². The zero-order chi connectivity index (χ0) is 13.5. The molecule has 19 heavy (non-hydrogen) atoms. The lowest BCUT2D eigenvalue weighted by atomic mass is 9.95. The van der Waals surface area contributed by atoms with Crippen molar-refractivity contribution in [1.82, 2.24) is 15.1 Å². The molecule has 1 atom stereocenters. The first kappa shape index (κ1) is 15.3. The van der Waals surface area contributed by atoms with Crippen LogP contribution in [0.15, 0.2) is 0 Å². The molecule has 3 nitrogen and oxygen atoms in total. The van der Waals surface area contributed by atoms with Crippen LogP contribution in [0.3, 0.4) is 0 Å². The van der Waals surface area contributed by atoms with Crippen molar-refractivity contribution >= 4 is 0 Å². The third-order valence-electron chi connectivity index (χ3n) is 5.02. The van der Waals surface area contributed by atoms with E-state index in [9.17, 15) is 0 Å². The summed E-state index contributed by atoms with van der Waals surface area (Å²) in [4.78, 5) is 5.19. The fourth-order valence-electron chi connectivity index (χ4n) is 3.57. The van der Waals surface area contributed by atoms with Crippen molar-refractivity contribution < 1.29 is 0 Å². The van der Waals surface area contributed by atoms with Crippen LogP contribution >= 0.6 is 0 Å². The van der Waals surface area contributed by atoms with Gasteiger partial charge in [-0.2, -0.15) is 0 Å². The second-order valence-electron chi connectivity index (χ2n) is 6.49. The molecule has 0 aromatic carbocycles. The van der Waals surface area contributed by atoms with E-state index in [0.717, 1.165) is 12.1 Å². The molecular weight excluding hydrogens is 234 g/mol. The maximum atomic E-state index is 3.76. The standard InChI is InChI=1S/C16H33N3/c1-3-16-14-19(13-12-18(16)2)11-7-10-17-15-8-5-4-6-9-15/h15-17H,3-14H2,1-2H3. The average Bonchev–Trinajstić information content (AvgIpc) is 2.46. The van der Waals surface area contributed by atoms with E-state index in [0.29, 0.717) is 0 Å². The third kappa shape index (κ3) is 5.05. The highest BCUT2D eigenvalue weighted by Gasteiger charge is 2.22. The van der Waals surface area contributed by atoms with Crippen molar-refractivity contribution in [3.8, 4) is 0 Å². The number of nitrogens with zero attached hydrogens (tertiary/aromatic N) is 2. The summed E-state index contributed by atoms with van der Waals surface area (Å²) in [7, 11) is 2.27. The largest absolute Gasteiger partial charge is 0.314 e. The number of likely N-dealkylation sites (N-methyl/N-ethyl adjacent to an activating group) is 1. The number of piperazine rings is 1. The average molecular weight is 267 g/mol. The monoisotopic (exact) mass is 267 g/mol. The molecule has 0 amide bonds. The van der Waals surface area contributed by atoms with Gasteiger partial charge in [0.15, 0.2) is 0 Å². The Morgan fingerprint density at radius 1 is 1.11 bits per heavy atom. The molecule has 0 spiro atoms. The molecule has 112 valence electrons. The summed E-state index contributed by atoms with van der Waals surface area (Å²) in [6.45, 7) is 8.59. The summed E-state index contributed by atoms with van der Waals surface area (Å²) in [6, 6.07) is 1.60. The molecule has 1 aliphatic heterocycles. The lowest BCUT2D eigenvalue weighted by Gasteiger charge is -2.39. The minimum Gasteiger partial charge on any atom is -0.314 e. The Bertz CT molecular complexity index is 238. The lowest BCUT2D eigenvalue weighted by Crippen LogP contribution is -2.51. The van der Waals surface area contributed by atoms with E-state index < -0.39 is 0 Å². The van der Waals surface area contributed by atoms with E-state index >= 15 is 0 Å². The normalized spacial score (nSPS) is 27.8. The molecule has 0 aromatic heterocycles. The minimum absolute atomic E-state index is 0.778. The van der Waals surface area contributed by atoms with Gasteiger partial charge in [-0.1, -0.05) is 26.2 Å². The number of hydrogen-bond donors (Lipinski definition) is 1. The van der Waals surface area contributed by atoms with Gasteiger partial charge in [0.25, 0.3) is 0 Å². The molecule has 0 bridgehead atoms. The topological polar surface area (TPSA) is 18.5 Å². The second kappa shape index (κ2) is 8.23. The highest BCUT2D eigenvalue weighted by Crippen LogP contribution is 2.17. The Labute approximate surface area is 119 Å². The van der Waals surface area contributed by atoms with Crippen LogP contribution < -0.4 is 5.32 Å². The number of rotatable bonds is 6. The van der Waals surface area contributed by atoms with Crippen molar-refractivity contribution in [2.24, 2.45) is 0 Å². The lowest BCUT2D eigenvalue weighted by molar-refractivity contribution is 0.0922. The van der Waals surface area contributed by atoms with E-state index in [1.54, 1.807) is 0 Å². The molecule has 2 fully saturated rings. The summed E-state index contributed by atoms with van der Waals surface area (Å²) < 4.78 is 0. The predicted octanol–water partition coefficient (Wildman–Crippen LogP) is 2.32. The molecule has 0 radical (unpaired) electrons. The minimum atomic E-state index is 0.778. The Balaban J connectivity index is 1.55. The van der Waals surface area contributed by atoms with Crippen molar-refractivity contribution in [3.05, 3.63) is 0 Å². The van der Waals surface area contributed by atoms with E-state index in [1.807, 2.05) is 0 Å². The molecule has 1 unspecified atom stereocenters. The molecule has 0 aromatic rings. The zero-order valence-corrected chi connectivity index (χ0v) is 13.0. The molecule has 1 saturated heterocycles. The van der Waals surface area contributed by atoms with Crippen LogP contribution in [0.4, 0.5) is 0 Å². The molecule has 2 aliphatic rings. The molecule has 1 N–H and O–H groups in total. The highest BCUT2D eigenvalue weighted by atomic mass is 15.3. The quantitative estimate of drug-likeness (QED) is 0.745. The van der Waals surface area contributed by atoms with Crippen LogP contribution in [0, 0.1) is 0 Å². The van der Waals surface area contributed by atoms with E-state index in [4.69, 9.17) is 0 Å². The summed E-state index contributed by atoms with van der Waals surface area (Å²) >= 11 is 0. The summed E-state index contributed by atoms with van der Waals surface area (Å²) in [5.41, 5.74) is 0. The summed E-state index contributed by atoms with van der Waals surface area (Å²) in [6.07, 6.45) is 9.75. The van der Waals surface area contributed by atoms with E-state index in [1.165, 1.54) is 77.7 Å². The smallest absolute Gasteiger partial charge is 0.0218 e. The molecule has 1 saturated carbocycles. The highest BCUT2D eigenvalue weighted by molar-refractivity contribution is 4.79. The van der Waals surface area contributed by atoms with Crippen molar-refractivity contribution in [1.29, 1.82) is 0 Å². The summed E-state index contributed by atoms with van der Waals surface area (Å²) in [5, 5.41) is 3.76. The number of nitrogens with one attached hydrogen (secondary N) is 1. The van der Waals surface area contributed by atoms with E-state index in [2.05, 4.69) is 29.1 Å². The molecule has 2 rings (SSSR count). The van der Waals surface area contributed by atoms with Gasteiger partial charge in [-0.3, -0.25) is 0 Å². The molecule has 3 heteroatoms. The van der Waals surface area contributed by atoms with Gasteiger partial charge >= 0.3 is 0 Å². The zero-order valence-electron chi connectivity index (χ0n) is 13.0. The van der Waals surface area contributed by atoms with Crippen molar-refractivity contribution in [2.45, 2.75) is 64.0 Å².